The van der Waals surface area contributed by atoms with Gasteiger partial charge in [-0.05, 0) is 72.4 Å². The van der Waals surface area contributed by atoms with Crippen LogP contribution in [0.1, 0.15) is 48.6 Å². The predicted molar refractivity (Wildman–Crippen MR) is 149 cm³/mol. The molecule has 5 aromatic rings. The first-order valence-electron chi connectivity index (χ1n) is 13.1. The quantitative estimate of drug-likeness (QED) is 0.258. The summed E-state index contributed by atoms with van der Waals surface area (Å²) in [6.07, 6.45) is 5.76. The molecule has 0 fully saturated rings. The maximum Gasteiger partial charge on any atom is 0.280 e. The van der Waals surface area contributed by atoms with E-state index in [0.29, 0.717) is 24.2 Å². The lowest BCUT2D eigenvalue weighted by Crippen LogP contribution is -2.24. The number of hydrogen-bond acceptors (Lipinski definition) is 5. The molecule has 40 heavy (non-hydrogen) atoms. The van der Waals surface area contributed by atoms with E-state index in [1.165, 1.54) is 16.7 Å². The summed E-state index contributed by atoms with van der Waals surface area (Å²) in [5.74, 6) is -1.66. The van der Waals surface area contributed by atoms with E-state index in [2.05, 4.69) is 15.1 Å². The van der Waals surface area contributed by atoms with Crippen LogP contribution in [0.3, 0.4) is 0 Å². The molecule has 0 saturated carbocycles. The van der Waals surface area contributed by atoms with Gasteiger partial charge < -0.3 is 5.11 Å². The Balaban J connectivity index is 1.62. The van der Waals surface area contributed by atoms with E-state index < -0.39 is 23.2 Å². The minimum Gasteiger partial charge on any atom is -0.494 e. The second-order valence-corrected chi connectivity index (χ2v) is 9.66. The van der Waals surface area contributed by atoms with Crippen molar-refractivity contribution >= 4 is 0 Å². The highest BCUT2D eigenvalue weighted by atomic mass is 19.1. The lowest BCUT2D eigenvalue weighted by atomic mass is 9.99. The van der Waals surface area contributed by atoms with Crippen LogP contribution in [0.15, 0.2) is 78.0 Å². The van der Waals surface area contributed by atoms with Crippen molar-refractivity contribution in [1.29, 1.82) is 0 Å². The molecule has 0 radical (unpaired) electrons. The minimum absolute atomic E-state index is 0.0850. The van der Waals surface area contributed by atoms with Crippen molar-refractivity contribution in [3.63, 3.8) is 0 Å². The van der Waals surface area contributed by atoms with Crippen LogP contribution in [0, 0.1) is 18.6 Å². The summed E-state index contributed by atoms with van der Waals surface area (Å²) in [7, 11) is 0. The summed E-state index contributed by atoms with van der Waals surface area (Å²) >= 11 is 0. The zero-order valence-corrected chi connectivity index (χ0v) is 22.5. The van der Waals surface area contributed by atoms with Crippen molar-refractivity contribution in [2.75, 3.05) is 0 Å². The van der Waals surface area contributed by atoms with Gasteiger partial charge in [0, 0.05) is 37.6 Å². The predicted octanol–water partition coefficient (Wildman–Crippen LogP) is 6.07. The van der Waals surface area contributed by atoms with Gasteiger partial charge in [-0.1, -0.05) is 31.2 Å². The van der Waals surface area contributed by atoms with Crippen molar-refractivity contribution in [2.24, 2.45) is 0 Å². The van der Waals surface area contributed by atoms with Gasteiger partial charge in [-0.3, -0.25) is 19.0 Å². The molecule has 0 aliphatic rings. The van der Waals surface area contributed by atoms with Crippen molar-refractivity contribution in [1.82, 2.24) is 24.3 Å². The zero-order chi connectivity index (χ0) is 28.4. The van der Waals surface area contributed by atoms with Crippen molar-refractivity contribution < 1.29 is 13.9 Å². The summed E-state index contributed by atoms with van der Waals surface area (Å²) in [4.78, 5) is 21.8. The standard InChI is InChI=1S/C31H29F2N5O2/c1-4-28(22-15-23(32)17-24(33)16-22)38-29(27-11-13-37(5-2)36-27)35-30(39)26(31(38)40)14-20-6-8-21(9-7-20)25-10-12-34-18-19(25)3/h6-13,15-18,28,40H,4-5,14H2,1-3H3. The molecule has 0 amide bonds. The average Bonchev–Trinajstić information content (AvgIpc) is 3.42. The molecule has 1 atom stereocenters. The largest absolute Gasteiger partial charge is 0.494 e. The smallest absolute Gasteiger partial charge is 0.280 e. The van der Waals surface area contributed by atoms with Crippen molar-refractivity contribution in [2.45, 2.75) is 46.2 Å². The molecule has 204 valence electrons. The monoisotopic (exact) mass is 541 g/mol. The van der Waals surface area contributed by atoms with Crippen LogP contribution in [0.2, 0.25) is 0 Å². The third-order valence-electron chi connectivity index (χ3n) is 7.02. The molecule has 2 aromatic carbocycles. The van der Waals surface area contributed by atoms with E-state index >= 15 is 0 Å². The molecular weight excluding hydrogens is 512 g/mol. The lowest BCUT2D eigenvalue weighted by molar-refractivity contribution is 0.381. The van der Waals surface area contributed by atoms with Gasteiger partial charge in [0.2, 0.25) is 5.88 Å². The van der Waals surface area contributed by atoms with Gasteiger partial charge in [-0.25, -0.2) is 8.78 Å². The molecule has 0 spiro atoms. The van der Waals surface area contributed by atoms with Gasteiger partial charge >= 0.3 is 0 Å². The van der Waals surface area contributed by atoms with E-state index in [-0.39, 0.29) is 23.7 Å². The minimum atomic E-state index is -0.733. The number of rotatable bonds is 8. The topological polar surface area (TPSA) is 85.8 Å². The average molecular weight is 542 g/mol. The zero-order valence-electron chi connectivity index (χ0n) is 22.5. The highest BCUT2D eigenvalue weighted by Crippen LogP contribution is 2.34. The van der Waals surface area contributed by atoms with Gasteiger partial charge in [-0.2, -0.15) is 10.1 Å². The molecule has 7 nitrogen and oxygen atoms in total. The van der Waals surface area contributed by atoms with Crippen LogP contribution in [-0.4, -0.2) is 29.4 Å². The summed E-state index contributed by atoms with van der Waals surface area (Å²) < 4.78 is 31.6. The van der Waals surface area contributed by atoms with Crippen LogP contribution in [0.25, 0.3) is 22.6 Å². The molecule has 1 N–H and O–H groups in total. The van der Waals surface area contributed by atoms with Crippen molar-refractivity contribution in [3.05, 3.63) is 117 Å². The summed E-state index contributed by atoms with van der Waals surface area (Å²) in [5, 5.41) is 16.1. The number of benzene rings is 2. The molecule has 0 aliphatic carbocycles. The van der Waals surface area contributed by atoms with Gasteiger partial charge in [-0.15, -0.1) is 0 Å². The van der Waals surface area contributed by atoms with Crippen LogP contribution < -0.4 is 5.56 Å². The van der Waals surface area contributed by atoms with Gasteiger partial charge in [0.05, 0.1) is 11.6 Å². The molecule has 3 heterocycles. The molecular formula is C31H29F2N5O2. The van der Waals surface area contributed by atoms with E-state index in [4.69, 9.17) is 0 Å². The third kappa shape index (κ3) is 5.27. The molecule has 3 aromatic heterocycles. The van der Waals surface area contributed by atoms with Crippen LogP contribution in [0.5, 0.6) is 5.88 Å². The highest BCUT2D eigenvalue weighted by molar-refractivity contribution is 5.66. The van der Waals surface area contributed by atoms with Gasteiger partial charge in [0.1, 0.15) is 17.3 Å². The van der Waals surface area contributed by atoms with Crippen LogP contribution >= 0.6 is 0 Å². The molecule has 0 bridgehead atoms. The molecule has 1 unspecified atom stereocenters. The highest BCUT2D eigenvalue weighted by Gasteiger charge is 2.26. The number of pyridine rings is 1. The number of nitrogens with zero attached hydrogens (tertiary/aromatic N) is 5. The number of aromatic hydroxyl groups is 1. The maximum atomic E-state index is 14.2. The Morgan fingerprint density at radius 3 is 2.35 bits per heavy atom. The fourth-order valence-electron chi connectivity index (χ4n) is 4.98. The van der Waals surface area contributed by atoms with Gasteiger partial charge in [0.15, 0.2) is 5.82 Å². The molecule has 9 heteroatoms. The summed E-state index contributed by atoms with van der Waals surface area (Å²) in [6, 6.07) is 13.9. The van der Waals surface area contributed by atoms with E-state index in [9.17, 15) is 18.7 Å². The van der Waals surface area contributed by atoms with Gasteiger partial charge in [0.25, 0.3) is 5.56 Å². The Morgan fingerprint density at radius 2 is 1.73 bits per heavy atom. The fourth-order valence-corrected chi connectivity index (χ4v) is 4.98. The van der Waals surface area contributed by atoms with E-state index in [1.807, 2.05) is 51.1 Å². The first kappa shape index (κ1) is 26.9. The number of halogens is 2. The summed E-state index contributed by atoms with van der Waals surface area (Å²) in [6.45, 7) is 6.33. The first-order valence-corrected chi connectivity index (χ1v) is 13.1. The second kappa shape index (κ2) is 11.2. The molecule has 0 aliphatic heterocycles. The normalized spacial score (nSPS) is 12.0. The number of aryl methyl sites for hydroxylation is 2. The number of hydrogen-bond donors (Lipinski definition) is 1. The Labute approximate surface area is 230 Å². The Kier molecular flexibility index (Phi) is 7.55. The fraction of sp³-hybridized carbons (Fsp3) is 0.226. The Bertz CT molecular complexity index is 1710. The first-order chi connectivity index (χ1) is 19.3. The van der Waals surface area contributed by atoms with E-state index in [0.717, 1.165) is 28.3 Å². The van der Waals surface area contributed by atoms with Crippen LogP contribution in [-0.2, 0) is 13.0 Å². The third-order valence-corrected chi connectivity index (χ3v) is 7.02. The van der Waals surface area contributed by atoms with E-state index in [1.54, 1.807) is 29.3 Å². The molecule has 5 rings (SSSR count). The Morgan fingerprint density at radius 1 is 1.00 bits per heavy atom. The van der Waals surface area contributed by atoms with Crippen molar-refractivity contribution in [3.8, 4) is 28.5 Å². The second-order valence-electron chi connectivity index (χ2n) is 9.66. The van der Waals surface area contributed by atoms with Crippen LogP contribution in [0.4, 0.5) is 8.78 Å². The lowest BCUT2D eigenvalue weighted by Gasteiger charge is -2.25. The SMILES string of the molecule is CCC(c1cc(F)cc(F)c1)n1c(-c2ccn(CC)n2)nc(=O)c(Cc2ccc(-c3ccncc3C)cc2)c1O. The molecule has 0 saturated heterocycles. The summed E-state index contributed by atoms with van der Waals surface area (Å²) in [5.41, 5.74) is 4.06. The number of aromatic nitrogens is 5. The maximum absolute atomic E-state index is 14.2. The Hall–Kier alpha value is -4.66.